The zero-order valence-corrected chi connectivity index (χ0v) is 12.1. The van der Waals surface area contributed by atoms with Gasteiger partial charge in [-0.05, 0) is 18.5 Å². The molecule has 0 fully saturated rings. The minimum Gasteiger partial charge on any atom is -0.383 e. The van der Waals surface area contributed by atoms with Gasteiger partial charge in [0.15, 0.2) is 0 Å². The van der Waals surface area contributed by atoms with Crippen LogP contribution in [0.15, 0.2) is 42.6 Å². The molecule has 110 valence electrons. The van der Waals surface area contributed by atoms with Crippen LogP contribution in [-0.2, 0) is 6.42 Å². The van der Waals surface area contributed by atoms with Crippen molar-refractivity contribution >= 4 is 5.69 Å². The van der Waals surface area contributed by atoms with Crippen molar-refractivity contribution in [3.63, 3.8) is 0 Å². The number of hydrogen-bond donors (Lipinski definition) is 2. The minimum absolute atomic E-state index is 0.281. The summed E-state index contributed by atoms with van der Waals surface area (Å²) >= 11 is 0. The van der Waals surface area contributed by atoms with Crippen LogP contribution in [0.4, 0.5) is 10.1 Å². The van der Waals surface area contributed by atoms with Gasteiger partial charge in [0.05, 0.1) is 17.6 Å². The second-order valence-corrected chi connectivity index (χ2v) is 5.44. The minimum atomic E-state index is -0.286. The Balaban J connectivity index is 1.84. The Morgan fingerprint density at radius 2 is 2.19 bits per heavy atom. The lowest BCUT2D eigenvalue weighted by atomic mass is 9.86. The van der Waals surface area contributed by atoms with Gasteiger partial charge in [0.1, 0.15) is 5.82 Å². The highest BCUT2D eigenvalue weighted by Crippen LogP contribution is 2.31. The van der Waals surface area contributed by atoms with E-state index in [1.807, 2.05) is 6.07 Å². The van der Waals surface area contributed by atoms with Gasteiger partial charge < -0.3 is 10.6 Å². The molecule has 0 amide bonds. The maximum atomic E-state index is 13.2. The number of halogens is 1. The van der Waals surface area contributed by atoms with Gasteiger partial charge in [0.2, 0.25) is 0 Å². The Morgan fingerprint density at radius 1 is 1.38 bits per heavy atom. The Kier molecular flexibility index (Phi) is 4.15. The van der Waals surface area contributed by atoms with Crippen molar-refractivity contribution in [3.8, 4) is 0 Å². The van der Waals surface area contributed by atoms with Crippen molar-refractivity contribution in [2.45, 2.75) is 19.4 Å². The summed E-state index contributed by atoms with van der Waals surface area (Å²) < 4.78 is 13.2. The van der Waals surface area contributed by atoms with Gasteiger partial charge in [-0.25, -0.2) is 4.39 Å². The topological polar surface area (TPSA) is 37.0 Å². The highest BCUT2D eigenvalue weighted by molar-refractivity contribution is 5.50. The molecule has 1 aromatic carbocycles. The van der Waals surface area contributed by atoms with Gasteiger partial charge in [-0.2, -0.15) is 0 Å². The van der Waals surface area contributed by atoms with E-state index < -0.39 is 0 Å². The van der Waals surface area contributed by atoms with E-state index >= 15 is 0 Å². The number of fused-ring (bicyclic) bond motifs is 1. The van der Waals surface area contributed by atoms with Crippen LogP contribution in [0.3, 0.4) is 0 Å². The van der Waals surface area contributed by atoms with Crippen molar-refractivity contribution in [2.24, 2.45) is 5.92 Å². The van der Waals surface area contributed by atoms with E-state index in [-0.39, 0.29) is 11.9 Å². The molecule has 2 aromatic rings. The average molecular weight is 285 g/mol. The number of aromatic nitrogens is 1. The van der Waals surface area contributed by atoms with Crippen LogP contribution in [0.1, 0.15) is 24.2 Å². The fourth-order valence-electron chi connectivity index (χ4n) is 3.02. The Bertz CT molecular complexity index is 600. The predicted octanol–water partition coefficient (Wildman–Crippen LogP) is 3.16. The summed E-state index contributed by atoms with van der Waals surface area (Å²) in [5.41, 5.74) is 3.07. The summed E-state index contributed by atoms with van der Waals surface area (Å²) in [6.07, 6.45) is 2.16. The molecular weight excluding hydrogens is 265 g/mol. The first-order valence-electron chi connectivity index (χ1n) is 7.44. The summed E-state index contributed by atoms with van der Waals surface area (Å²) in [5.74, 6) is 0.115. The predicted molar refractivity (Wildman–Crippen MR) is 82.7 cm³/mol. The van der Waals surface area contributed by atoms with Gasteiger partial charge in [-0.1, -0.05) is 37.3 Å². The van der Waals surface area contributed by atoms with E-state index in [2.05, 4.69) is 46.8 Å². The highest BCUT2D eigenvalue weighted by atomic mass is 19.1. The third kappa shape index (κ3) is 3.05. The zero-order chi connectivity index (χ0) is 14.7. The van der Waals surface area contributed by atoms with E-state index in [1.54, 1.807) is 0 Å². The van der Waals surface area contributed by atoms with Crippen LogP contribution in [0.5, 0.6) is 0 Å². The maximum absolute atomic E-state index is 13.2. The average Bonchev–Trinajstić information content (AvgIpc) is 2.53. The van der Waals surface area contributed by atoms with Crippen LogP contribution < -0.4 is 10.6 Å². The first-order chi connectivity index (χ1) is 10.3. The molecule has 3 nitrogen and oxygen atoms in total. The van der Waals surface area contributed by atoms with Gasteiger partial charge in [0.25, 0.3) is 0 Å². The van der Waals surface area contributed by atoms with Crippen LogP contribution in [0.2, 0.25) is 0 Å². The number of hydrogen-bond acceptors (Lipinski definition) is 3. The lowest BCUT2D eigenvalue weighted by Crippen LogP contribution is -2.36. The molecule has 0 radical (unpaired) electrons. The Labute approximate surface area is 124 Å². The molecule has 3 rings (SSSR count). The highest BCUT2D eigenvalue weighted by Gasteiger charge is 2.27. The van der Waals surface area contributed by atoms with Gasteiger partial charge in [0, 0.05) is 24.6 Å². The first kappa shape index (κ1) is 14.0. The SMILES string of the molecule is CCN[C@H](c1ccccc1)[C@H]1CNc2cc(F)cnc2C1. The largest absolute Gasteiger partial charge is 0.383 e. The first-order valence-corrected chi connectivity index (χ1v) is 7.44. The second-order valence-electron chi connectivity index (χ2n) is 5.44. The summed E-state index contributed by atoms with van der Waals surface area (Å²) in [7, 11) is 0. The summed E-state index contributed by atoms with van der Waals surface area (Å²) in [4.78, 5) is 4.24. The molecule has 0 aliphatic carbocycles. The molecule has 21 heavy (non-hydrogen) atoms. The third-order valence-corrected chi connectivity index (χ3v) is 4.00. The standard InChI is InChI=1S/C17H20FN3/c1-2-19-17(12-6-4-3-5-7-12)13-8-15-16(20-10-13)9-14(18)11-21-15/h3-7,9,11,13,17,19-20H,2,8,10H2,1H3/t13-,17-/m1/s1. The van der Waals surface area contributed by atoms with Gasteiger partial charge >= 0.3 is 0 Å². The van der Waals surface area contributed by atoms with E-state index in [4.69, 9.17) is 0 Å². The van der Waals surface area contributed by atoms with Crippen molar-refractivity contribution < 1.29 is 4.39 Å². The number of nitrogens with one attached hydrogen (secondary N) is 2. The Morgan fingerprint density at radius 3 is 2.95 bits per heavy atom. The molecule has 2 atom stereocenters. The second kappa shape index (κ2) is 6.22. The molecule has 1 aliphatic heterocycles. The molecule has 0 unspecified atom stereocenters. The lowest BCUT2D eigenvalue weighted by molar-refractivity contribution is 0.369. The number of anilines is 1. The summed E-state index contributed by atoms with van der Waals surface area (Å²) in [6.45, 7) is 3.86. The summed E-state index contributed by atoms with van der Waals surface area (Å²) in [5, 5.41) is 6.89. The van der Waals surface area contributed by atoms with Crippen molar-refractivity contribution in [3.05, 3.63) is 59.7 Å². The van der Waals surface area contributed by atoms with Crippen LogP contribution >= 0.6 is 0 Å². The van der Waals surface area contributed by atoms with E-state index in [1.165, 1.54) is 17.8 Å². The molecule has 0 saturated carbocycles. The molecule has 1 aromatic heterocycles. The number of nitrogens with zero attached hydrogens (tertiary/aromatic N) is 1. The maximum Gasteiger partial charge on any atom is 0.143 e. The number of pyridine rings is 1. The van der Waals surface area contributed by atoms with E-state index in [9.17, 15) is 4.39 Å². The van der Waals surface area contributed by atoms with Crippen molar-refractivity contribution in [1.29, 1.82) is 0 Å². The molecule has 2 N–H and O–H groups in total. The fourth-order valence-corrected chi connectivity index (χ4v) is 3.02. The number of rotatable bonds is 4. The molecular formula is C17H20FN3. The monoisotopic (exact) mass is 285 g/mol. The van der Waals surface area contributed by atoms with Gasteiger partial charge in [-0.3, -0.25) is 4.98 Å². The third-order valence-electron chi connectivity index (χ3n) is 4.00. The molecule has 4 heteroatoms. The molecule has 0 bridgehead atoms. The van der Waals surface area contributed by atoms with Crippen molar-refractivity contribution in [2.75, 3.05) is 18.4 Å². The van der Waals surface area contributed by atoms with Crippen LogP contribution in [0, 0.1) is 11.7 Å². The fraction of sp³-hybridized carbons (Fsp3) is 0.353. The summed E-state index contributed by atoms with van der Waals surface area (Å²) in [6, 6.07) is 12.3. The number of benzene rings is 1. The van der Waals surface area contributed by atoms with Gasteiger partial charge in [-0.15, -0.1) is 0 Å². The quantitative estimate of drug-likeness (QED) is 0.906. The zero-order valence-electron chi connectivity index (χ0n) is 12.1. The lowest BCUT2D eigenvalue weighted by Gasteiger charge is -2.32. The molecule has 0 saturated heterocycles. The smallest absolute Gasteiger partial charge is 0.143 e. The van der Waals surface area contributed by atoms with Crippen LogP contribution in [0.25, 0.3) is 0 Å². The normalized spacial score (nSPS) is 18.7. The molecule has 1 aliphatic rings. The molecule has 0 spiro atoms. The van der Waals surface area contributed by atoms with Crippen LogP contribution in [-0.4, -0.2) is 18.1 Å². The van der Waals surface area contributed by atoms with E-state index in [0.717, 1.165) is 30.9 Å². The van der Waals surface area contributed by atoms with E-state index in [0.29, 0.717) is 5.92 Å². The Hall–Kier alpha value is -1.94. The van der Waals surface area contributed by atoms with Crippen molar-refractivity contribution in [1.82, 2.24) is 10.3 Å². The molecule has 2 heterocycles.